The molecule has 0 amide bonds. The van der Waals surface area contributed by atoms with Gasteiger partial charge in [-0.05, 0) is 38.0 Å². The quantitative estimate of drug-likeness (QED) is 0.723. The number of hydrogen-bond acceptors (Lipinski definition) is 3. The first-order valence-corrected chi connectivity index (χ1v) is 4.81. The maximum atomic E-state index is 9.12. The van der Waals surface area contributed by atoms with Crippen molar-refractivity contribution in [3.8, 4) is 0 Å². The minimum Gasteiger partial charge on any atom is -0.512 e. The lowest BCUT2D eigenvalue weighted by atomic mass is 10.1. The van der Waals surface area contributed by atoms with Crippen molar-refractivity contribution >= 4 is 17.2 Å². The topological polar surface area (TPSA) is 46.3 Å². The van der Waals surface area contributed by atoms with Gasteiger partial charge in [0.1, 0.15) is 5.52 Å². The van der Waals surface area contributed by atoms with E-state index < -0.39 is 0 Å². The number of aliphatic hydroxyl groups excluding tert-OH is 1. The maximum absolute atomic E-state index is 9.12. The van der Waals surface area contributed by atoms with Gasteiger partial charge in [-0.15, -0.1) is 0 Å². The van der Waals surface area contributed by atoms with Gasteiger partial charge in [-0.1, -0.05) is 6.07 Å². The Bertz CT molecular complexity index is 534. The number of benzene rings is 1. The third-order valence-electron chi connectivity index (χ3n) is 2.17. The van der Waals surface area contributed by atoms with Crippen LogP contribution in [0.25, 0.3) is 17.2 Å². The Balaban J connectivity index is 2.65. The summed E-state index contributed by atoms with van der Waals surface area (Å²) in [6, 6.07) is 4.02. The van der Waals surface area contributed by atoms with Gasteiger partial charge in [-0.3, -0.25) is 0 Å². The molecule has 0 bridgehead atoms. The van der Waals surface area contributed by atoms with Crippen LogP contribution in [0.4, 0.5) is 0 Å². The SMILES string of the molecule is CC(O)=Cc1nc2cc(C)cc(C)c2o1. The maximum Gasteiger partial charge on any atom is 0.223 e. The molecular formula is C12H13NO2. The van der Waals surface area contributed by atoms with Crippen LogP contribution in [-0.4, -0.2) is 10.1 Å². The predicted molar refractivity (Wildman–Crippen MR) is 59.8 cm³/mol. The molecule has 15 heavy (non-hydrogen) atoms. The molecule has 0 aliphatic rings. The van der Waals surface area contributed by atoms with Crippen LogP contribution in [-0.2, 0) is 0 Å². The van der Waals surface area contributed by atoms with E-state index in [0.29, 0.717) is 5.89 Å². The van der Waals surface area contributed by atoms with Crippen molar-refractivity contribution < 1.29 is 9.52 Å². The molecule has 0 spiro atoms. The van der Waals surface area contributed by atoms with Crippen LogP contribution in [0.1, 0.15) is 23.9 Å². The van der Waals surface area contributed by atoms with Gasteiger partial charge < -0.3 is 9.52 Å². The van der Waals surface area contributed by atoms with E-state index in [2.05, 4.69) is 4.98 Å². The van der Waals surface area contributed by atoms with E-state index in [-0.39, 0.29) is 5.76 Å². The Kier molecular flexibility index (Phi) is 2.23. The molecule has 3 heteroatoms. The van der Waals surface area contributed by atoms with Crippen LogP contribution < -0.4 is 0 Å². The van der Waals surface area contributed by atoms with Crippen molar-refractivity contribution in [3.05, 3.63) is 34.9 Å². The minimum absolute atomic E-state index is 0.191. The van der Waals surface area contributed by atoms with Gasteiger partial charge in [0.25, 0.3) is 0 Å². The Morgan fingerprint density at radius 1 is 1.40 bits per heavy atom. The summed E-state index contributed by atoms with van der Waals surface area (Å²) in [4.78, 5) is 4.27. The number of fused-ring (bicyclic) bond motifs is 1. The van der Waals surface area contributed by atoms with Crippen molar-refractivity contribution in [1.29, 1.82) is 0 Å². The molecule has 0 saturated carbocycles. The highest BCUT2D eigenvalue weighted by atomic mass is 16.3. The summed E-state index contributed by atoms with van der Waals surface area (Å²) in [7, 11) is 0. The second-order valence-electron chi connectivity index (χ2n) is 3.77. The fraction of sp³-hybridized carbons (Fsp3) is 0.250. The van der Waals surface area contributed by atoms with Gasteiger partial charge in [0, 0.05) is 6.08 Å². The average molecular weight is 203 g/mol. The summed E-state index contributed by atoms with van der Waals surface area (Å²) in [5.41, 5.74) is 3.84. The lowest BCUT2D eigenvalue weighted by Crippen LogP contribution is -1.77. The Hall–Kier alpha value is -1.77. The molecule has 1 N–H and O–H groups in total. The number of allylic oxidation sites excluding steroid dienone is 1. The molecule has 0 aliphatic heterocycles. The Morgan fingerprint density at radius 2 is 2.13 bits per heavy atom. The summed E-state index contributed by atoms with van der Waals surface area (Å²) in [6.45, 7) is 5.60. The number of nitrogens with zero attached hydrogens (tertiary/aromatic N) is 1. The Labute approximate surface area is 88.1 Å². The van der Waals surface area contributed by atoms with Crippen LogP contribution in [0.15, 0.2) is 22.3 Å². The van der Waals surface area contributed by atoms with Crippen molar-refractivity contribution in [3.63, 3.8) is 0 Å². The monoisotopic (exact) mass is 203 g/mol. The van der Waals surface area contributed by atoms with E-state index in [1.165, 1.54) is 6.08 Å². The normalized spacial score (nSPS) is 12.3. The highest BCUT2D eigenvalue weighted by Crippen LogP contribution is 2.22. The van der Waals surface area contributed by atoms with Gasteiger partial charge in [0.05, 0.1) is 5.76 Å². The molecule has 1 aromatic carbocycles. The van der Waals surface area contributed by atoms with E-state index in [9.17, 15) is 0 Å². The van der Waals surface area contributed by atoms with Crippen LogP contribution in [0.5, 0.6) is 0 Å². The minimum atomic E-state index is 0.191. The van der Waals surface area contributed by atoms with Crippen LogP contribution in [0.3, 0.4) is 0 Å². The number of hydrogen-bond donors (Lipinski definition) is 1. The standard InChI is InChI=1S/C12H13NO2/c1-7-4-8(2)12-10(5-7)13-11(15-12)6-9(3)14/h4-6,14H,1-3H3. The smallest absolute Gasteiger partial charge is 0.223 e. The van der Waals surface area contributed by atoms with Crippen LogP contribution >= 0.6 is 0 Å². The van der Waals surface area contributed by atoms with E-state index in [1.807, 2.05) is 26.0 Å². The molecular weight excluding hydrogens is 190 g/mol. The first-order chi connectivity index (χ1) is 7.06. The number of aliphatic hydroxyl groups is 1. The highest BCUT2D eigenvalue weighted by molar-refractivity contribution is 5.78. The molecule has 0 radical (unpaired) electrons. The molecule has 2 aromatic rings. The van der Waals surface area contributed by atoms with Gasteiger partial charge in [-0.25, -0.2) is 4.98 Å². The number of oxazole rings is 1. The molecule has 0 atom stereocenters. The molecule has 3 nitrogen and oxygen atoms in total. The zero-order chi connectivity index (χ0) is 11.0. The van der Waals surface area contributed by atoms with Crippen LogP contribution in [0, 0.1) is 13.8 Å². The predicted octanol–water partition coefficient (Wildman–Crippen LogP) is 3.36. The van der Waals surface area contributed by atoms with Crippen molar-refractivity contribution in [2.45, 2.75) is 20.8 Å². The van der Waals surface area contributed by atoms with E-state index >= 15 is 0 Å². The summed E-state index contributed by atoms with van der Waals surface area (Å²) in [5.74, 6) is 0.634. The highest BCUT2D eigenvalue weighted by Gasteiger charge is 2.07. The molecule has 0 unspecified atom stereocenters. The molecule has 0 saturated heterocycles. The van der Waals surface area contributed by atoms with Crippen molar-refractivity contribution in [2.24, 2.45) is 0 Å². The second-order valence-corrected chi connectivity index (χ2v) is 3.77. The molecule has 1 heterocycles. The molecule has 0 fully saturated rings. The molecule has 1 aromatic heterocycles. The summed E-state index contributed by atoms with van der Waals surface area (Å²) >= 11 is 0. The summed E-state index contributed by atoms with van der Waals surface area (Å²) in [5, 5.41) is 9.12. The van der Waals surface area contributed by atoms with Gasteiger partial charge in [0.2, 0.25) is 5.89 Å². The zero-order valence-corrected chi connectivity index (χ0v) is 9.03. The third-order valence-corrected chi connectivity index (χ3v) is 2.17. The first kappa shape index (κ1) is 9.77. The average Bonchev–Trinajstić information content (AvgIpc) is 2.45. The number of rotatable bonds is 1. The third kappa shape index (κ3) is 1.86. The number of aryl methyl sites for hydroxylation is 2. The fourth-order valence-corrected chi connectivity index (χ4v) is 1.63. The largest absolute Gasteiger partial charge is 0.512 e. The molecule has 78 valence electrons. The van der Waals surface area contributed by atoms with Gasteiger partial charge in [0.15, 0.2) is 5.58 Å². The second kappa shape index (κ2) is 3.42. The lowest BCUT2D eigenvalue weighted by Gasteiger charge is -1.94. The molecule has 2 rings (SSSR count). The van der Waals surface area contributed by atoms with Gasteiger partial charge >= 0.3 is 0 Å². The van der Waals surface area contributed by atoms with Crippen molar-refractivity contribution in [1.82, 2.24) is 4.98 Å². The fourth-order valence-electron chi connectivity index (χ4n) is 1.63. The van der Waals surface area contributed by atoms with Crippen molar-refractivity contribution in [2.75, 3.05) is 0 Å². The van der Waals surface area contributed by atoms with E-state index in [4.69, 9.17) is 9.52 Å². The lowest BCUT2D eigenvalue weighted by molar-refractivity contribution is 0.417. The summed E-state index contributed by atoms with van der Waals surface area (Å²) in [6.07, 6.45) is 1.51. The van der Waals surface area contributed by atoms with Crippen LogP contribution in [0.2, 0.25) is 0 Å². The first-order valence-electron chi connectivity index (χ1n) is 4.81. The molecule has 0 aliphatic carbocycles. The Morgan fingerprint density at radius 3 is 2.80 bits per heavy atom. The van der Waals surface area contributed by atoms with Gasteiger partial charge in [-0.2, -0.15) is 0 Å². The summed E-state index contributed by atoms with van der Waals surface area (Å²) < 4.78 is 5.52. The zero-order valence-electron chi connectivity index (χ0n) is 9.03. The number of aromatic nitrogens is 1. The van der Waals surface area contributed by atoms with E-state index in [1.54, 1.807) is 6.92 Å². The van der Waals surface area contributed by atoms with E-state index in [0.717, 1.165) is 22.2 Å².